The standard InChI is InChI=1S/C16H11N3O2/c17-10-13-3-1-2-4-14(13)11-18-8-7-12-9-15(19(20)21)5-6-16(12)18/h1-9H,11H2. The SMILES string of the molecule is N#Cc1ccccc1Cn1ccc2cc([N+](=O)[O-])ccc21. The molecule has 0 fully saturated rings. The van der Waals surface area contributed by atoms with Gasteiger partial charge in [-0.05, 0) is 23.8 Å². The first-order valence-corrected chi connectivity index (χ1v) is 6.40. The van der Waals surface area contributed by atoms with Crippen LogP contribution in [0.25, 0.3) is 10.9 Å². The molecule has 1 aromatic heterocycles. The fourth-order valence-corrected chi connectivity index (χ4v) is 2.39. The molecule has 0 atom stereocenters. The van der Waals surface area contributed by atoms with Crippen LogP contribution in [-0.2, 0) is 6.54 Å². The molecule has 0 aliphatic rings. The Hall–Kier alpha value is -3.13. The quantitative estimate of drug-likeness (QED) is 0.543. The average Bonchev–Trinajstić information content (AvgIpc) is 2.90. The number of nitro groups is 1. The lowest BCUT2D eigenvalue weighted by molar-refractivity contribution is -0.384. The highest BCUT2D eigenvalue weighted by atomic mass is 16.6. The second-order valence-corrected chi connectivity index (χ2v) is 4.71. The van der Waals surface area contributed by atoms with Crippen LogP contribution < -0.4 is 0 Å². The molecule has 0 bridgehead atoms. The van der Waals surface area contributed by atoms with E-state index in [2.05, 4.69) is 6.07 Å². The van der Waals surface area contributed by atoms with Crippen molar-refractivity contribution in [1.29, 1.82) is 5.26 Å². The zero-order chi connectivity index (χ0) is 14.8. The minimum absolute atomic E-state index is 0.0812. The van der Waals surface area contributed by atoms with Crippen LogP contribution in [0.4, 0.5) is 5.69 Å². The number of aromatic nitrogens is 1. The average molecular weight is 277 g/mol. The molecular formula is C16H11N3O2. The Labute approximate surface area is 120 Å². The predicted octanol–water partition coefficient (Wildman–Crippen LogP) is 3.47. The lowest BCUT2D eigenvalue weighted by Crippen LogP contribution is -2.00. The fourth-order valence-electron chi connectivity index (χ4n) is 2.39. The van der Waals surface area contributed by atoms with Gasteiger partial charge in [-0.3, -0.25) is 10.1 Å². The lowest BCUT2D eigenvalue weighted by Gasteiger charge is -2.07. The van der Waals surface area contributed by atoms with Crippen molar-refractivity contribution in [3.63, 3.8) is 0 Å². The second kappa shape index (κ2) is 5.10. The van der Waals surface area contributed by atoms with Crippen LogP contribution in [0.15, 0.2) is 54.7 Å². The van der Waals surface area contributed by atoms with Crippen LogP contribution in [0.5, 0.6) is 0 Å². The van der Waals surface area contributed by atoms with Crippen molar-refractivity contribution in [2.24, 2.45) is 0 Å². The minimum atomic E-state index is -0.401. The van der Waals surface area contributed by atoms with Crippen LogP contribution in [0, 0.1) is 21.4 Å². The first-order chi connectivity index (χ1) is 10.2. The molecule has 2 aromatic carbocycles. The number of non-ortho nitro benzene ring substituents is 1. The van der Waals surface area contributed by atoms with Crippen molar-refractivity contribution in [3.8, 4) is 6.07 Å². The molecule has 5 heteroatoms. The molecule has 3 rings (SSSR count). The van der Waals surface area contributed by atoms with Gasteiger partial charge in [-0.25, -0.2) is 0 Å². The van der Waals surface area contributed by atoms with Crippen LogP contribution in [0.1, 0.15) is 11.1 Å². The summed E-state index contributed by atoms with van der Waals surface area (Å²) in [5.74, 6) is 0. The first kappa shape index (κ1) is 12.9. The zero-order valence-corrected chi connectivity index (χ0v) is 11.1. The molecule has 0 radical (unpaired) electrons. The summed E-state index contributed by atoms with van der Waals surface area (Å²) >= 11 is 0. The summed E-state index contributed by atoms with van der Waals surface area (Å²) in [5.41, 5.74) is 2.56. The van der Waals surface area contributed by atoms with E-state index in [1.165, 1.54) is 6.07 Å². The van der Waals surface area contributed by atoms with Gasteiger partial charge in [-0.2, -0.15) is 5.26 Å². The van der Waals surface area contributed by atoms with Gasteiger partial charge in [0.25, 0.3) is 5.69 Å². The van der Waals surface area contributed by atoms with E-state index in [4.69, 9.17) is 5.26 Å². The van der Waals surface area contributed by atoms with E-state index in [9.17, 15) is 10.1 Å². The number of nitriles is 1. The summed E-state index contributed by atoms with van der Waals surface area (Å²) in [5, 5.41) is 20.7. The third kappa shape index (κ3) is 2.35. The molecule has 0 aliphatic carbocycles. The number of nitrogens with zero attached hydrogens (tertiary/aromatic N) is 3. The molecule has 5 nitrogen and oxygen atoms in total. The summed E-state index contributed by atoms with van der Waals surface area (Å²) < 4.78 is 1.98. The van der Waals surface area contributed by atoms with Gasteiger partial charge in [0.2, 0.25) is 0 Å². The Morgan fingerprint density at radius 3 is 2.76 bits per heavy atom. The highest BCUT2D eigenvalue weighted by Crippen LogP contribution is 2.23. The maximum Gasteiger partial charge on any atom is 0.270 e. The van der Waals surface area contributed by atoms with Crippen molar-refractivity contribution in [2.75, 3.05) is 0 Å². The van der Waals surface area contributed by atoms with Gasteiger partial charge in [-0.1, -0.05) is 18.2 Å². The third-order valence-electron chi connectivity index (χ3n) is 3.44. The Bertz CT molecular complexity index is 875. The summed E-state index contributed by atoms with van der Waals surface area (Å²) in [6.07, 6.45) is 1.88. The van der Waals surface area contributed by atoms with Crippen molar-refractivity contribution < 1.29 is 4.92 Å². The van der Waals surface area contributed by atoms with Crippen LogP contribution >= 0.6 is 0 Å². The van der Waals surface area contributed by atoms with Gasteiger partial charge in [0.15, 0.2) is 0 Å². The molecule has 1 heterocycles. The van der Waals surface area contributed by atoms with E-state index in [1.807, 2.05) is 35.0 Å². The Balaban J connectivity index is 2.02. The second-order valence-electron chi connectivity index (χ2n) is 4.71. The molecule has 0 saturated carbocycles. The maximum absolute atomic E-state index is 10.8. The number of nitro benzene ring substituents is 1. The zero-order valence-electron chi connectivity index (χ0n) is 11.1. The smallest absolute Gasteiger partial charge is 0.270 e. The molecule has 0 spiro atoms. The van der Waals surface area contributed by atoms with E-state index < -0.39 is 4.92 Å². The number of fused-ring (bicyclic) bond motifs is 1. The van der Waals surface area contributed by atoms with Crippen molar-refractivity contribution in [1.82, 2.24) is 4.57 Å². The van der Waals surface area contributed by atoms with Gasteiger partial charge in [-0.15, -0.1) is 0 Å². The third-order valence-corrected chi connectivity index (χ3v) is 3.44. The maximum atomic E-state index is 10.8. The van der Waals surface area contributed by atoms with E-state index in [0.29, 0.717) is 12.1 Å². The topological polar surface area (TPSA) is 71.9 Å². The summed E-state index contributed by atoms with van der Waals surface area (Å²) in [7, 11) is 0. The molecule has 0 amide bonds. The summed E-state index contributed by atoms with van der Waals surface area (Å²) in [6.45, 7) is 0.561. The van der Waals surface area contributed by atoms with E-state index in [1.54, 1.807) is 18.2 Å². The van der Waals surface area contributed by atoms with Gasteiger partial charge in [0.05, 0.1) is 16.6 Å². The largest absolute Gasteiger partial charge is 0.343 e. The van der Waals surface area contributed by atoms with Crippen molar-refractivity contribution >= 4 is 16.6 Å². The first-order valence-electron chi connectivity index (χ1n) is 6.40. The highest BCUT2D eigenvalue weighted by molar-refractivity contribution is 5.82. The monoisotopic (exact) mass is 277 g/mol. The van der Waals surface area contributed by atoms with Gasteiger partial charge >= 0.3 is 0 Å². The van der Waals surface area contributed by atoms with E-state index in [-0.39, 0.29) is 5.69 Å². The van der Waals surface area contributed by atoms with Gasteiger partial charge in [0.1, 0.15) is 0 Å². The van der Waals surface area contributed by atoms with Crippen LogP contribution in [0.3, 0.4) is 0 Å². The molecule has 21 heavy (non-hydrogen) atoms. The molecule has 0 saturated heterocycles. The number of benzene rings is 2. The van der Waals surface area contributed by atoms with Crippen molar-refractivity contribution in [2.45, 2.75) is 6.54 Å². The predicted molar refractivity (Wildman–Crippen MR) is 78.9 cm³/mol. The summed E-state index contributed by atoms with van der Waals surface area (Å²) in [6, 6.07) is 16.2. The molecule has 0 N–H and O–H groups in total. The minimum Gasteiger partial charge on any atom is -0.343 e. The lowest BCUT2D eigenvalue weighted by atomic mass is 10.1. The number of rotatable bonds is 3. The normalized spacial score (nSPS) is 10.4. The Kier molecular flexibility index (Phi) is 3.13. The Morgan fingerprint density at radius 1 is 1.19 bits per heavy atom. The van der Waals surface area contributed by atoms with Gasteiger partial charge < -0.3 is 4.57 Å². The van der Waals surface area contributed by atoms with Crippen molar-refractivity contribution in [3.05, 3.63) is 76.0 Å². The fraction of sp³-hybridized carbons (Fsp3) is 0.0625. The van der Waals surface area contributed by atoms with E-state index in [0.717, 1.165) is 16.5 Å². The number of hydrogen-bond donors (Lipinski definition) is 0. The molecule has 0 unspecified atom stereocenters. The van der Waals surface area contributed by atoms with Crippen LogP contribution in [0.2, 0.25) is 0 Å². The molecular weight excluding hydrogens is 266 g/mol. The molecule has 3 aromatic rings. The number of hydrogen-bond acceptors (Lipinski definition) is 3. The van der Waals surface area contributed by atoms with E-state index >= 15 is 0 Å². The Morgan fingerprint density at radius 2 is 2.00 bits per heavy atom. The molecule has 0 aliphatic heterocycles. The molecule has 102 valence electrons. The summed E-state index contributed by atoms with van der Waals surface area (Å²) in [4.78, 5) is 10.4. The highest BCUT2D eigenvalue weighted by Gasteiger charge is 2.09. The van der Waals surface area contributed by atoms with Crippen LogP contribution in [-0.4, -0.2) is 9.49 Å². The van der Waals surface area contributed by atoms with Gasteiger partial charge in [0, 0.05) is 35.8 Å².